The number of hydrogen-bond acceptors (Lipinski definition) is 2. The molecule has 1 saturated heterocycles. The Balaban J connectivity index is 2.17. The van der Waals surface area contributed by atoms with E-state index in [1.807, 2.05) is 6.92 Å². The highest BCUT2D eigenvalue weighted by Gasteiger charge is 2.37. The lowest BCUT2D eigenvalue weighted by Crippen LogP contribution is -2.30. The molecule has 2 atom stereocenters. The number of carbonyl (C=O) groups is 2. The molecule has 96 valence electrons. The summed E-state index contributed by atoms with van der Waals surface area (Å²) in [6.07, 6.45) is 0. The van der Waals surface area contributed by atoms with Crippen LogP contribution in [0.2, 0.25) is 5.02 Å². The summed E-state index contributed by atoms with van der Waals surface area (Å²) < 4.78 is 0. The SMILES string of the molecule is CC1CN(C(=O)c2ccccc2Cl)CC1C(=O)O. The van der Waals surface area contributed by atoms with Gasteiger partial charge in [0.15, 0.2) is 0 Å². The molecule has 0 aliphatic carbocycles. The smallest absolute Gasteiger partial charge is 0.308 e. The van der Waals surface area contributed by atoms with Crippen LogP contribution in [0.3, 0.4) is 0 Å². The van der Waals surface area contributed by atoms with E-state index in [2.05, 4.69) is 0 Å². The van der Waals surface area contributed by atoms with E-state index in [-0.39, 0.29) is 18.4 Å². The molecule has 0 radical (unpaired) electrons. The highest BCUT2D eigenvalue weighted by molar-refractivity contribution is 6.33. The summed E-state index contributed by atoms with van der Waals surface area (Å²) in [5.41, 5.74) is 0.428. The first-order chi connectivity index (χ1) is 8.50. The van der Waals surface area contributed by atoms with E-state index in [0.717, 1.165) is 0 Å². The van der Waals surface area contributed by atoms with Crippen molar-refractivity contribution >= 4 is 23.5 Å². The summed E-state index contributed by atoms with van der Waals surface area (Å²) in [4.78, 5) is 24.8. The van der Waals surface area contributed by atoms with Gasteiger partial charge in [-0.3, -0.25) is 9.59 Å². The number of amides is 1. The van der Waals surface area contributed by atoms with E-state index >= 15 is 0 Å². The molecule has 1 aromatic rings. The van der Waals surface area contributed by atoms with Crippen LogP contribution in [-0.2, 0) is 4.79 Å². The van der Waals surface area contributed by atoms with Crippen LogP contribution in [0, 0.1) is 11.8 Å². The van der Waals surface area contributed by atoms with Crippen LogP contribution < -0.4 is 0 Å². The van der Waals surface area contributed by atoms with Crippen LogP contribution in [0.4, 0.5) is 0 Å². The van der Waals surface area contributed by atoms with Gasteiger partial charge in [0, 0.05) is 13.1 Å². The molecule has 2 unspecified atom stereocenters. The Labute approximate surface area is 110 Å². The molecule has 2 rings (SSSR count). The number of hydrogen-bond donors (Lipinski definition) is 1. The number of carboxylic acid groups (broad SMARTS) is 1. The molecule has 0 aromatic heterocycles. The highest BCUT2D eigenvalue weighted by Crippen LogP contribution is 2.26. The number of carbonyl (C=O) groups excluding carboxylic acids is 1. The molecular formula is C13H14ClNO3. The lowest BCUT2D eigenvalue weighted by molar-refractivity contribution is -0.142. The van der Waals surface area contributed by atoms with Gasteiger partial charge in [-0.05, 0) is 18.1 Å². The maximum atomic E-state index is 12.2. The fraction of sp³-hybridized carbons (Fsp3) is 0.385. The van der Waals surface area contributed by atoms with Gasteiger partial charge in [-0.25, -0.2) is 0 Å². The molecule has 4 nitrogen and oxygen atoms in total. The Morgan fingerprint density at radius 3 is 2.56 bits per heavy atom. The van der Waals surface area contributed by atoms with Crippen molar-refractivity contribution in [2.75, 3.05) is 13.1 Å². The van der Waals surface area contributed by atoms with Gasteiger partial charge in [0.25, 0.3) is 5.91 Å². The molecule has 1 fully saturated rings. The van der Waals surface area contributed by atoms with Gasteiger partial charge in [0.2, 0.25) is 0 Å². The Bertz CT molecular complexity index is 489. The summed E-state index contributed by atoms with van der Waals surface area (Å²) in [5, 5.41) is 9.44. The molecule has 1 aromatic carbocycles. The fourth-order valence-corrected chi connectivity index (χ4v) is 2.48. The molecule has 0 bridgehead atoms. The number of nitrogens with zero attached hydrogens (tertiary/aromatic N) is 1. The monoisotopic (exact) mass is 267 g/mol. The summed E-state index contributed by atoms with van der Waals surface area (Å²) >= 11 is 5.97. The maximum Gasteiger partial charge on any atom is 0.308 e. The number of likely N-dealkylation sites (tertiary alicyclic amines) is 1. The topological polar surface area (TPSA) is 57.6 Å². The second-order valence-electron chi connectivity index (χ2n) is 4.61. The van der Waals surface area contributed by atoms with Crippen LogP contribution >= 0.6 is 11.6 Å². The van der Waals surface area contributed by atoms with Gasteiger partial charge in [0.05, 0.1) is 16.5 Å². The number of carboxylic acids is 1. The van der Waals surface area contributed by atoms with Crippen molar-refractivity contribution in [1.29, 1.82) is 0 Å². The van der Waals surface area contributed by atoms with Gasteiger partial charge in [-0.2, -0.15) is 0 Å². The first kappa shape index (κ1) is 12.9. The zero-order valence-corrected chi connectivity index (χ0v) is 10.7. The van der Waals surface area contributed by atoms with E-state index in [0.29, 0.717) is 17.1 Å². The number of rotatable bonds is 2. The first-order valence-electron chi connectivity index (χ1n) is 5.77. The van der Waals surface area contributed by atoms with Crippen molar-refractivity contribution in [2.45, 2.75) is 6.92 Å². The zero-order chi connectivity index (χ0) is 13.3. The number of aliphatic carboxylic acids is 1. The highest BCUT2D eigenvalue weighted by atomic mass is 35.5. The minimum absolute atomic E-state index is 0.0334. The zero-order valence-electron chi connectivity index (χ0n) is 9.97. The van der Waals surface area contributed by atoms with E-state index in [1.165, 1.54) is 0 Å². The summed E-state index contributed by atoms with van der Waals surface area (Å²) in [6, 6.07) is 6.81. The molecule has 1 N–H and O–H groups in total. The fourth-order valence-electron chi connectivity index (χ4n) is 2.26. The van der Waals surface area contributed by atoms with Gasteiger partial charge in [-0.15, -0.1) is 0 Å². The largest absolute Gasteiger partial charge is 0.481 e. The molecule has 18 heavy (non-hydrogen) atoms. The molecule has 5 heteroatoms. The third-order valence-electron chi connectivity index (χ3n) is 3.32. The van der Waals surface area contributed by atoms with Crippen LogP contribution in [0.25, 0.3) is 0 Å². The average molecular weight is 268 g/mol. The predicted molar refractivity (Wildman–Crippen MR) is 67.6 cm³/mol. The molecule has 0 spiro atoms. The summed E-state index contributed by atoms with van der Waals surface area (Å²) in [6.45, 7) is 2.56. The number of halogens is 1. The van der Waals surface area contributed by atoms with Crippen molar-refractivity contribution in [1.82, 2.24) is 4.90 Å². The summed E-state index contributed by atoms with van der Waals surface area (Å²) in [7, 11) is 0. The summed E-state index contributed by atoms with van der Waals surface area (Å²) in [5.74, 6) is -1.57. The Morgan fingerprint density at radius 2 is 2.00 bits per heavy atom. The van der Waals surface area contributed by atoms with Crippen molar-refractivity contribution in [3.05, 3.63) is 34.9 Å². The molecule has 1 amide bonds. The first-order valence-corrected chi connectivity index (χ1v) is 6.15. The quantitative estimate of drug-likeness (QED) is 0.893. The Morgan fingerprint density at radius 1 is 1.33 bits per heavy atom. The van der Waals surface area contributed by atoms with Crippen molar-refractivity contribution in [3.63, 3.8) is 0 Å². The van der Waals surface area contributed by atoms with Crippen LogP contribution in [-0.4, -0.2) is 35.0 Å². The Kier molecular flexibility index (Phi) is 3.57. The van der Waals surface area contributed by atoms with Crippen molar-refractivity contribution in [2.24, 2.45) is 11.8 Å². The average Bonchev–Trinajstić information content (AvgIpc) is 2.71. The predicted octanol–water partition coefficient (Wildman–Crippen LogP) is 2.13. The minimum atomic E-state index is -0.850. The third-order valence-corrected chi connectivity index (χ3v) is 3.65. The minimum Gasteiger partial charge on any atom is -0.481 e. The van der Waals surface area contributed by atoms with E-state index in [9.17, 15) is 9.59 Å². The third kappa shape index (κ3) is 2.34. The van der Waals surface area contributed by atoms with Gasteiger partial charge >= 0.3 is 5.97 Å². The van der Waals surface area contributed by atoms with Crippen molar-refractivity contribution < 1.29 is 14.7 Å². The molecular weight excluding hydrogens is 254 g/mol. The second kappa shape index (κ2) is 4.98. The Hall–Kier alpha value is -1.55. The molecule has 1 aliphatic rings. The van der Waals surface area contributed by atoms with E-state index in [1.54, 1.807) is 29.2 Å². The second-order valence-corrected chi connectivity index (χ2v) is 5.02. The van der Waals surface area contributed by atoms with E-state index in [4.69, 9.17) is 16.7 Å². The molecule has 1 heterocycles. The van der Waals surface area contributed by atoms with Crippen LogP contribution in [0.5, 0.6) is 0 Å². The van der Waals surface area contributed by atoms with Crippen LogP contribution in [0.15, 0.2) is 24.3 Å². The normalized spacial score (nSPS) is 23.1. The van der Waals surface area contributed by atoms with Crippen molar-refractivity contribution in [3.8, 4) is 0 Å². The number of benzene rings is 1. The van der Waals surface area contributed by atoms with Gasteiger partial charge in [-0.1, -0.05) is 30.7 Å². The lowest BCUT2D eigenvalue weighted by atomic mass is 9.99. The van der Waals surface area contributed by atoms with Crippen LogP contribution in [0.1, 0.15) is 17.3 Å². The maximum absolute atomic E-state index is 12.2. The van der Waals surface area contributed by atoms with Gasteiger partial charge < -0.3 is 10.0 Å². The lowest BCUT2D eigenvalue weighted by Gasteiger charge is -2.16. The molecule has 1 aliphatic heterocycles. The molecule has 0 saturated carbocycles. The van der Waals surface area contributed by atoms with Gasteiger partial charge in [0.1, 0.15) is 0 Å². The standard InChI is InChI=1S/C13H14ClNO3/c1-8-6-15(7-10(8)13(17)18)12(16)9-4-2-3-5-11(9)14/h2-5,8,10H,6-7H2,1H3,(H,17,18). The van der Waals surface area contributed by atoms with E-state index < -0.39 is 11.9 Å².